The molecule has 0 aliphatic heterocycles. The highest BCUT2D eigenvalue weighted by molar-refractivity contribution is 7.99. The molecule has 0 unspecified atom stereocenters. The minimum absolute atomic E-state index is 0.144. The van der Waals surface area contributed by atoms with Crippen molar-refractivity contribution in [2.75, 3.05) is 19.9 Å². The molecule has 4 aromatic rings. The van der Waals surface area contributed by atoms with Crippen LogP contribution in [0.3, 0.4) is 0 Å². The maximum absolute atomic E-state index is 13.5. The van der Waals surface area contributed by atoms with Crippen LogP contribution in [0.15, 0.2) is 52.4 Å². The summed E-state index contributed by atoms with van der Waals surface area (Å²) in [4.78, 5) is 33.3. The number of H-pyrrole nitrogens is 1. The number of ether oxygens (including phenoxy) is 1. The van der Waals surface area contributed by atoms with Crippen LogP contribution in [-0.4, -0.2) is 40.4 Å². The predicted molar refractivity (Wildman–Crippen MR) is 115 cm³/mol. The van der Waals surface area contributed by atoms with Gasteiger partial charge in [0, 0.05) is 18.0 Å². The van der Waals surface area contributed by atoms with Gasteiger partial charge in [0.05, 0.1) is 18.6 Å². The van der Waals surface area contributed by atoms with Gasteiger partial charge in [0.1, 0.15) is 16.8 Å². The number of amides is 1. The summed E-state index contributed by atoms with van der Waals surface area (Å²) in [6, 6.07) is 13.3. The largest absolute Gasteiger partial charge is 0.495 e. The fraction of sp³-hybridized carbons (Fsp3) is 0.190. The molecule has 7 nitrogen and oxygen atoms in total. The van der Waals surface area contributed by atoms with Crippen molar-refractivity contribution >= 4 is 39.6 Å². The second-order valence-electron chi connectivity index (χ2n) is 6.57. The zero-order chi connectivity index (χ0) is 20.5. The number of aryl methyl sites for hydroxylation is 1. The lowest BCUT2D eigenvalue weighted by molar-refractivity contribution is -0.118. The van der Waals surface area contributed by atoms with Crippen LogP contribution in [0.1, 0.15) is 5.56 Å². The number of benzene rings is 2. The van der Waals surface area contributed by atoms with Crippen LogP contribution < -0.4 is 15.6 Å². The summed E-state index contributed by atoms with van der Waals surface area (Å²) in [5, 5.41) is 3.89. The van der Waals surface area contributed by atoms with E-state index in [1.165, 1.54) is 16.3 Å². The molecule has 0 radical (unpaired) electrons. The van der Waals surface area contributed by atoms with Gasteiger partial charge in [-0.05, 0) is 30.7 Å². The summed E-state index contributed by atoms with van der Waals surface area (Å²) in [5.74, 6) is 0.549. The standard InChI is InChI=1S/C21H20N4O3S/c1-12-8-9-16(28-3)15(10-12)25-20(27)19-18(13-6-4-5-7-14(13)23-19)24-21(25)29-11-17(26)22-2/h4-10,23H,11H2,1-3H3,(H,22,26). The number of carbonyl (C=O) groups excluding carboxylic acids is 1. The van der Waals surface area contributed by atoms with Gasteiger partial charge in [0.15, 0.2) is 5.16 Å². The number of para-hydroxylation sites is 1. The minimum Gasteiger partial charge on any atom is -0.495 e. The highest BCUT2D eigenvalue weighted by Gasteiger charge is 2.20. The summed E-state index contributed by atoms with van der Waals surface area (Å²) in [6.45, 7) is 1.94. The van der Waals surface area contributed by atoms with Crippen LogP contribution in [0.4, 0.5) is 0 Å². The topological polar surface area (TPSA) is 89.0 Å². The van der Waals surface area contributed by atoms with E-state index < -0.39 is 0 Å². The summed E-state index contributed by atoms with van der Waals surface area (Å²) in [6.07, 6.45) is 0. The van der Waals surface area contributed by atoms with E-state index in [-0.39, 0.29) is 17.2 Å². The molecule has 29 heavy (non-hydrogen) atoms. The Morgan fingerprint density at radius 2 is 2.07 bits per heavy atom. The van der Waals surface area contributed by atoms with Crippen molar-refractivity contribution in [3.05, 3.63) is 58.4 Å². The number of fused-ring (bicyclic) bond motifs is 3. The lowest BCUT2D eigenvalue weighted by atomic mass is 10.2. The van der Waals surface area contributed by atoms with Crippen LogP contribution in [0.25, 0.3) is 27.6 Å². The number of aromatic amines is 1. The number of nitrogens with zero attached hydrogens (tertiary/aromatic N) is 2. The van der Waals surface area contributed by atoms with Gasteiger partial charge in [-0.15, -0.1) is 0 Å². The van der Waals surface area contributed by atoms with Crippen molar-refractivity contribution in [3.63, 3.8) is 0 Å². The Morgan fingerprint density at radius 3 is 2.83 bits per heavy atom. The Bertz CT molecular complexity index is 1290. The number of nitrogens with one attached hydrogen (secondary N) is 2. The maximum atomic E-state index is 13.5. The zero-order valence-corrected chi connectivity index (χ0v) is 17.1. The van der Waals surface area contributed by atoms with Crippen LogP contribution in [0.5, 0.6) is 5.75 Å². The number of aromatic nitrogens is 3. The quantitative estimate of drug-likeness (QED) is 0.391. The van der Waals surface area contributed by atoms with E-state index in [9.17, 15) is 9.59 Å². The molecule has 0 saturated carbocycles. The predicted octanol–water partition coefficient (Wildman–Crippen LogP) is 3.02. The van der Waals surface area contributed by atoms with Crippen molar-refractivity contribution in [2.45, 2.75) is 12.1 Å². The molecule has 0 aliphatic rings. The van der Waals surface area contributed by atoms with Crippen molar-refractivity contribution in [1.82, 2.24) is 19.9 Å². The van der Waals surface area contributed by atoms with E-state index in [1.54, 1.807) is 14.2 Å². The SMILES string of the molecule is CNC(=O)CSc1nc2c([nH]c3ccccc32)c(=O)n1-c1cc(C)ccc1OC. The fourth-order valence-electron chi connectivity index (χ4n) is 3.23. The Labute approximate surface area is 171 Å². The third kappa shape index (κ3) is 3.36. The average Bonchev–Trinajstić information content (AvgIpc) is 3.11. The fourth-order valence-corrected chi connectivity index (χ4v) is 4.10. The van der Waals surface area contributed by atoms with Crippen molar-refractivity contribution in [3.8, 4) is 11.4 Å². The number of methoxy groups -OCH3 is 1. The number of thioether (sulfide) groups is 1. The van der Waals surface area contributed by atoms with Crippen molar-refractivity contribution in [1.29, 1.82) is 0 Å². The summed E-state index contributed by atoms with van der Waals surface area (Å²) >= 11 is 1.21. The molecule has 0 spiro atoms. The van der Waals surface area contributed by atoms with Gasteiger partial charge in [-0.2, -0.15) is 0 Å². The first-order valence-corrected chi connectivity index (χ1v) is 10.0. The third-order valence-corrected chi connectivity index (χ3v) is 5.62. The second kappa shape index (κ2) is 7.63. The van der Waals surface area contributed by atoms with Crippen molar-refractivity contribution in [2.24, 2.45) is 0 Å². The van der Waals surface area contributed by atoms with E-state index in [2.05, 4.69) is 10.3 Å². The van der Waals surface area contributed by atoms with Gasteiger partial charge in [0.2, 0.25) is 5.91 Å². The molecule has 2 aromatic heterocycles. The van der Waals surface area contributed by atoms with Gasteiger partial charge < -0.3 is 15.0 Å². The molecular weight excluding hydrogens is 388 g/mol. The monoisotopic (exact) mass is 408 g/mol. The van der Waals surface area contributed by atoms with E-state index in [0.29, 0.717) is 27.6 Å². The van der Waals surface area contributed by atoms with Gasteiger partial charge in [-0.1, -0.05) is 36.0 Å². The van der Waals surface area contributed by atoms with Gasteiger partial charge in [-0.25, -0.2) is 9.55 Å². The molecule has 0 fully saturated rings. The average molecular weight is 408 g/mol. The first kappa shape index (κ1) is 19.1. The second-order valence-corrected chi connectivity index (χ2v) is 7.51. The molecule has 2 N–H and O–H groups in total. The van der Waals surface area contributed by atoms with E-state index in [0.717, 1.165) is 16.5 Å². The van der Waals surface area contributed by atoms with Crippen LogP contribution in [0, 0.1) is 6.92 Å². The number of hydrogen-bond acceptors (Lipinski definition) is 5. The van der Waals surface area contributed by atoms with Crippen LogP contribution in [0.2, 0.25) is 0 Å². The lowest BCUT2D eigenvalue weighted by Gasteiger charge is -2.15. The number of hydrogen-bond donors (Lipinski definition) is 2. The van der Waals surface area contributed by atoms with Gasteiger partial charge in [-0.3, -0.25) is 9.59 Å². The van der Waals surface area contributed by atoms with E-state index >= 15 is 0 Å². The maximum Gasteiger partial charge on any atom is 0.283 e. The summed E-state index contributed by atoms with van der Waals surface area (Å²) < 4.78 is 7.01. The summed E-state index contributed by atoms with van der Waals surface area (Å²) in [7, 11) is 3.14. The Balaban J connectivity index is 2.04. The molecule has 8 heteroatoms. The lowest BCUT2D eigenvalue weighted by Crippen LogP contribution is -2.24. The van der Waals surface area contributed by atoms with E-state index in [4.69, 9.17) is 9.72 Å². The van der Waals surface area contributed by atoms with Crippen LogP contribution in [-0.2, 0) is 4.79 Å². The van der Waals surface area contributed by atoms with E-state index in [1.807, 2.05) is 49.4 Å². The Hall–Kier alpha value is -3.26. The molecule has 148 valence electrons. The minimum atomic E-state index is -0.241. The zero-order valence-electron chi connectivity index (χ0n) is 16.3. The third-order valence-electron chi connectivity index (χ3n) is 4.68. The van der Waals surface area contributed by atoms with Crippen LogP contribution >= 0.6 is 11.8 Å². The Morgan fingerprint density at radius 1 is 1.28 bits per heavy atom. The smallest absolute Gasteiger partial charge is 0.283 e. The molecule has 0 atom stereocenters. The molecular formula is C21H20N4O3S. The molecule has 2 aromatic carbocycles. The molecule has 0 saturated heterocycles. The summed E-state index contributed by atoms with van der Waals surface area (Å²) in [5.41, 5.74) is 3.17. The highest BCUT2D eigenvalue weighted by atomic mass is 32.2. The molecule has 4 rings (SSSR count). The molecule has 0 bridgehead atoms. The molecule has 2 heterocycles. The highest BCUT2D eigenvalue weighted by Crippen LogP contribution is 2.30. The Kier molecular flexibility index (Phi) is 5.02. The molecule has 0 aliphatic carbocycles. The first-order chi connectivity index (χ1) is 14.0. The number of rotatable bonds is 5. The number of carbonyl (C=O) groups is 1. The normalized spacial score (nSPS) is 11.1. The van der Waals surface area contributed by atoms with Gasteiger partial charge >= 0.3 is 0 Å². The molecule has 1 amide bonds. The van der Waals surface area contributed by atoms with Gasteiger partial charge in [0.25, 0.3) is 5.56 Å². The van der Waals surface area contributed by atoms with Crippen molar-refractivity contribution < 1.29 is 9.53 Å². The first-order valence-electron chi connectivity index (χ1n) is 9.05.